The number of aromatic amines is 1. The number of aromatic nitrogens is 3. The highest BCUT2D eigenvalue weighted by Gasteiger charge is 2.31. The van der Waals surface area contributed by atoms with E-state index >= 15 is 0 Å². The molecule has 1 aromatic carbocycles. The molecule has 0 unspecified atom stereocenters. The Hall–Kier alpha value is -3.40. The minimum Gasteiger partial charge on any atom is -0.465 e. The zero-order valence-corrected chi connectivity index (χ0v) is 17.4. The number of rotatable bonds is 5. The fourth-order valence-electron chi connectivity index (χ4n) is 3.69. The van der Waals surface area contributed by atoms with Crippen LogP contribution in [0.4, 0.5) is 19.0 Å². The van der Waals surface area contributed by atoms with Crippen molar-refractivity contribution >= 4 is 11.8 Å². The van der Waals surface area contributed by atoms with Gasteiger partial charge in [-0.2, -0.15) is 18.3 Å². The molecule has 1 N–H and O–H groups in total. The maximum Gasteiger partial charge on any atom is 0.417 e. The van der Waals surface area contributed by atoms with Gasteiger partial charge in [0, 0.05) is 44.5 Å². The van der Waals surface area contributed by atoms with Gasteiger partial charge in [-0.05, 0) is 29.8 Å². The quantitative estimate of drug-likeness (QED) is 0.605. The Balaban J connectivity index is 1.37. The van der Waals surface area contributed by atoms with Crippen LogP contribution in [0.2, 0.25) is 0 Å². The summed E-state index contributed by atoms with van der Waals surface area (Å²) in [6.07, 6.45) is -1.72. The SMILES string of the molecule is COC(=O)c1ccc(-c2[nH]ncc2CN2CCN(c3ccc(C(F)(F)F)cn3)CC2)cc1. The number of carbonyl (C=O) groups is 1. The lowest BCUT2D eigenvalue weighted by Gasteiger charge is -2.35. The summed E-state index contributed by atoms with van der Waals surface area (Å²) in [7, 11) is 1.34. The van der Waals surface area contributed by atoms with Crippen molar-refractivity contribution < 1.29 is 22.7 Å². The summed E-state index contributed by atoms with van der Waals surface area (Å²) in [6, 6.07) is 9.60. The minimum atomic E-state index is -4.38. The molecule has 0 amide bonds. The Morgan fingerprint density at radius 1 is 1.06 bits per heavy atom. The largest absolute Gasteiger partial charge is 0.465 e. The van der Waals surface area contributed by atoms with Crippen LogP contribution in [0.5, 0.6) is 0 Å². The third-order valence-corrected chi connectivity index (χ3v) is 5.48. The van der Waals surface area contributed by atoms with Gasteiger partial charge >= 0.3 is 12.1 Å². The first-order valence-electron chi connectivity index (χ1n) is 10.1. The molecular formula is C22H22F3N5O2. The molecule has 3 heterocycles. The summed E-state index contributed by atoms with van der Waals surface area (Å²) in [5.41, 5.74) is 2.56. The van der Waals surface area contributed by atoms with Crippen molar-refractivity contribution in [2.75, 3.05) is 38.2 Å². The number of hydrogen-bond acceptors (Lipinski definition) is 6. The highest BCUT2D eigenvalue weighted by molar-refractivity contribution is 5.89. The van der Waals surface area contributed by atoms with E-state index in [0.717, 1.165) is 42.2 Å². The molecule has 0 saturated carbocycles. The van der Waals surface area contributed by atoms with Crippen LogP contribution in [0.3, 0.4) is 0 Å². The Bertz CT molecular complexity index is 1060. The molecular weight excluding hydrogens is 423 g/mol. The number of methoxy groups -OCH3 is 1. The lowest BCUT2D eigenvalue weighted by molar-refractivity contribution is -0.137. The fraction of sp³-hybridized carbons (Fsp3) is 0.318. The molecule has 1 fully saturated rings. The van der Waals surface area contributed by atoms with E-state index in [1.807, 2.05) is 17.0 Å². The zero-order chi connectivity index (χ0) is 22.7. The molecule has 1 aliphatic rings. The maximum atomic E-state index is 12.7. The number of piperazine rings is 1. The summed E-state index contributed by atoms with van der Waals surface area (Å²) in [5.74, 6) is 0.161. The fourth-order valence-corrected chi connectivity index (χ4v) is 3.69. The Morgan fingerprint density at radius 3 is 2.38 bits per heavy atom. The van der Waals surface area contributed by atoms with Gasteiger partial charge in [-0.3, -0.25) is 10.00 Å². The van der Waals surface area contributed by atoms with E-state index in [1.165, 1.54) is 13.2 Å². The molecule has 3 aromatic rings. The monoisotopic (exact) mass is 445 g/mol. The van der Waals surface area contributed by atoms with Gasteiger partial charge in [0.2, 0.25) is 0 Å². The average molecular weight is 445 g/mol. The number of carbonyl (C=O) groups excluding carboxylic acids is 1. The lowest BCUT2D eigenvalue weighted by atomic mass is 10.1. The molecule has 1 aliphatic heterocycles. The van der Waals surface area contributed by atoms with E-state index in [1.54, 1.807) is 18.3 Å². The van der Waals surface area contributed by atoms with Crippen LogP contribution in [0, 0.1) is 0 Å². The lowest BCUT2D eigenvalue weighted by Crippen LogP contribution is -2.46. The number of nitrogens with zero attached hydrogens (tertiary/aromatic N) is 4. The van der Waals surface area contributed by atoms with E-state index < -0.39 is 11.7 Å². The second-order valence-electron chi connectivity index (χ2n) is 7.51. The van der Waals surface area contributed by atoms with Gasteiger partial charge in [0.1, 0.15) is 5.82 Å². The minimum absolute atomic E-state index is 0.387. The van der Waals surface area contributed by atoms with Crippen LogP contribution in [0.15, 0.2) is 48.8 Å². The predicted molar refractivity (Wildman–Crippen MR) is 112 cm³/mol. The van der Waals surface area contributed by atoms with Crippen molar-refractivity contribution in [1.82, 2.24) is 20.1 Å². The van der Waals surface area contributed by atoms with Gasteiger partial charge in [-0.1, -0.05) is 12.1 Å². The number of alkyl halides is 3. The molecule has 2 aromatic heterocycles. The van der Waals surface area contributed by atoms with Gasteiger partial charge in [0.15, 0.2) is 0 Å². The number of anilines is 1. The number of halogens is 3. The van der Waals surface area contributed by atoms with E-state index in [4.69, 9.17) is 4.74 Å². The third kappa shape index (κ3) is 4.75. The predicted octanol–water partition coefficient (Wildman–Crippen LogP) is 3.60. The van der Waals surface area contributed by atoms with Crippen LogP contribution < -0.4 is 4.90 Å². The molecule has 7 nitrogen and oxygen atoms in total. The molecule has 0 aliphatic carbocycles. The van der Waals surface area contributed by atoms with Gasteiger partial charge in [-0.25, -0.2) is 9.78 Å². The number of pyridine rings is 1. The first kappa shape index (κ1) is 21.8. The summed E-state index contributed by atoms with van der Waals surface area (Å²) in [5, 5.41) is 7.19. The highest BCUT2D eigenvalue weighted by Crippen LogP contribution is 2.29. The third-order valence-electron chi connectivity index (χ3n) is 5.48. The average Bonchev–Trinajstić information content (AvgIpc) is 3.27. The van der Waals surface area contributed by atoms with E-state index in [0.29, 0.717) is 31.0 Å². The molecule has 0 spiro atoms. The molecule has 0 radical (unpaired) electrons. The Morgan fingerprint density at radius 2 is 1.78 bits per heavy atom. The summed E-state index contributed by atoms with van der Waals surface area (Å²) >= 11 is 0. The first-order chi connectivity index (χ1) is 15.3. The van der Waals surface area contributed by atoms with Gasteiger partial charge in [0.25, 0.3) is 0 Å². The van der Waals surface area contributed by atoms with Gasteiger partial charge in [-0.15, -0.1) is 0 Å². The number of benzene rings is 1. The second-order valence-corrected chi connectivity index (χ2v) is 7.51. The molecule has 0 bridgehead atoms. The Kier molecular flexibility index (Phi) is 6.13. The van der Waals surface area contributed by atoms with Crippen LogP contribution >= 0.6 is 0 Å². The van der Waals surface area contributed by atoms with E-state index in [-0.39, 0.29) is 5.97 Å². The van der Waals surface area contributed by atoms with Crippen molar-refractivity contribution in [3.05, 3.63) is 65.5 Å². The zero-order valence-electron chi connectivity index (χ0n) is 17.4. The number of H-pyrrole nitrogens is 1. The number of ether oxygens (including phenoxy) is 1. The standard InChI is InChI=1S/C22H22F3N5O2/c1-32-21(31)16-4-2-15(3-5-16)20-17(12-27-28-20)14-29-8-10-30(11-9-29)19-7-6-18(13-26-19)22(23,24)25/h2-7,12-13H,8-11,14H2,1H3,(H,27,28). The van der Waals surface area contributed by atoms with Crippen LogP contribution in [-0.2, 0) is 17.5 Å². The number of hydrogen-bond donors (Lipinski definition) is 1. The normalized spacial score (nSPS) is 15.1. The molecule has 0 atom stereocenters. The summed E-state index contributed by atoms with van der Waals surface area (Å²) < 4.78 is 42.9. The number of esters is 1. The van der Waals surface area contributed by atoms with Crippen molar-refractivity contribution in [3.8, 4) is 11.3 Å². The molecule has 168 valence electrons. The topological polar surface area (TPSA) is 74.4 Å². The molecule has 4 rings (SSSR count). The number of nitrogens with one attached hydrogen (secondary N) is 1. The van der Waals surface area contributed by atoms with Gasteiger partial charge < -0.3 is 9.64 Å². The summed E-state index contributed by atoms with van der Waals surface area (Å²) in [4.78, 5) is 19.9. The van der Waals surface area contributed by atoms with Crippen molar-refractivity contribution in [3.63, 3.8) is 0 Å². The second kappa shape index (κ2) is 8.99. The Labute approximate surface area is 182 Å². The van der Waals surface area contributed by atoms with Crippen molar-refractivity contribution in [2.45, 2.75) is 12.7 Å². The molecule has 1 saturated heterocycles. The molecule has 32 heavy (non-hydrogen) atoms. The summed E-state index contributed by atoms with van der Waals surface area (Å²) in [6.45, 7) is 3.50. The van der Waals surface area contributed by atoms with E-state index in [2.05, 4.69) is 20.1 Å². The van der Waals surface area contributed by atoms with Gasteiger partial charge in [0.05, 0.1) is 30.1 Å². The smallest absolute Gasteiger partial charge is 0.417 e. The maximum absolute atomic E-state index is 12.7. The van der Waals surface area contributed by atoms with Crippen LogP contribution in [0.1, 0.15) is 21.5 Å². The first-order valence-corrected chi connectivity index (χ1v) is 10.1. The molecule has 10 heteroatoms. The van der Waals surface area contributed by atoms with Crippen LogP contribution in [-0.4, -0.2) is 59.3 Å². The van der Waals surface area contributed by atoms with Crippen molar-refractivity contribution in [2.24, 2.45) is 0 Å². The van der Waals surface area contributed by atoms with E-state index in [9.17, 15) is 18.0 Å². The van der Waals surface area contributed by atoms with Crippen LogP contribution in [0.25, 0.3) is 11.3 Å². The van der Waals surface area contributed by atoms with Crippen molar-refractivity contribution in [1.29, 1.82) is 0 Å². The highest BCUT2D eigenvalue weighted by atomic mass is 19.4.